The summed E-state index contributed by atoms with van der Waals surface area (Å²) >= 11 is 1.58. The molecule has 0 aliphatic rings. The molecule has 0 saturated heterocycles. The van der Waals surface area contributed by atoms with Crippen molar-refractivity contribution in [1.29, 1.82) is 0 Å². The van der Waals surface area contributed by atoms with Crippen LogP contribution >= 0.6 is 11.3 Å². The zero-order valence-electron chi connectivity index (χ0n) is 13.7. The van der Waals surface area contributed by atoms with Gasteiger partial charge in [-0.1, -0.05) is 23.8 Å². The average Bonchev–Trinajstić information content (AvgIpc) is 3.04. The molecule has 122 valence electrons. The molecule has 4 nitrogen and oxygen atoms in total. The SMILES string of the molecule is Cc1ccc(Nc2ccc(NC(=O)Cc3cccs3)cn2)c(C)c1. The predicted octanol–water partition coefficient (Wildman–Crippen LogP) is 4.68. The minimum Gasteiger partial charge on any atom is -0.340 e. The lowest BCUT2D eigenvalue weighted by molar-refractivity contribution is -0.115. The van der Waals surface area contributed by atoms with E-state index in [2.05, 4.69) is 41.6 Å². The van der Waals surface area contributed by atoms with Crippen LogP contribution in [0.2, 0.25) is 0 Å². The highest BCUT2D eigenvalue weighted by Crippen LogP contribution is 2.21. The van der Waals surface area contributed by atoms with Gasteiger partial charge in [0.15, 0.2) is 0 Å². The van der Waals surface area contributed by atoms with Crippen molar-refractivity contribution in [3.05, 3.63) is 70.0 Å². The summed E-state index contributed by atoms with van der Waals surface area (Å²) in [6.45, 7) is 4.14. The molecule has 5 heteroatoms. The molecule has 1 amide bonds. The number of amides is 1. The Morgan fingerprint density at radius 1 is 1.17 bits per heavy atom. The molecular formula is C19H19N3OS. The lowest BCUT2D eigenvalue weighted by Crippen LogP contribution is -2.13. The fourth-order valence-corrected chi connectivity index (χ4v) is 3.11. The zero-order chi connectivity index (χ0) is 16.9. The molecule has 0 aliphatic carbocycles. The van der Waals surface area contributed by atoms with E-state index in [1.54, 1.807) is 17.5 Å². The summed E-state index contributed by atoms with van der Waals surface area (Å²) in [5, 5.41) is 8.13. The Labute approximate surface area is 145 Å². The number of benzene rings is 1. The Hall–Kier alpha value is -2.66. The van der Waals surface area contributed by atoms with Gasteiger partial charge in [0, 0.05) is 10.6 Å². The second-order valence-corrected chi connectivity index (χ2v) is 6.71. The van der Waals surface area contributed by atoms with Crippen LogP contribution in [0.5, 0.6) is 0 Å². The number of aryl methyl sites for hydroxylation is 2. The summed E-state index contributed by atoms with van der Waals surface area (Å²) in [7, 11) is 0. The molecule has 0 bridgehead atoms. The molecule has 0 aliphatic heterocycles. The molecule has 0 radical (unpaired) electrons. The van der Waals surface area contributed by atoms with Crippen molar-refractivity contribution < 1.29 is 4.79 Å². The Morgan fingerprint density at radius 2 is 2.04 bits per heavy atom. The van der Waals surface area contributed by atoms with Crippen molar-refractivity contribution in [1.82, 2.24) is 4.98 Å². The Morgan fingerprint density at radius 3 is 2.71 bits per heavy atom. The molecule has 3 aromatic rings. The second-order valence-electron chi connectivity index (χ2n) is 5.68. The van der Waals surface area contributed by atoms with Gasteiger partial charge in [0.05, 0.1) is 18.3 Å². The Bertz CT molecular complexity index is 826. The van der Waals surface area contributed by atoms with E-state index in [9.17, 15) is 4.79 Å². The molecule has 0 unspecified atom stereocenters. The van der Waals surface area contributed by atoms with Crippen LogP contribution in [0.15, 0.2) is 54.0 Å². The van der Waals surface area contributed by atoms with Gasteiger partial charge in [-0.3, -0.25) is 4.79 Å². The van der Waals surface area contributed by atoms with Gasteiger partial charge in [0.25, 0.3) is 0 Å². The van der Waals surface area contributed by atoms with E-state index < -0.39 is 0 Å². The van der Waals surface area contributed by atoms with E-state index in [1.807, 2.05) is 35.7 Å². The van der Waals surface area contributed by atoms with E-state index in [0.717, 1.165) is 16.4 Å². The van der Waals surface area contributed by atoms with Crippen molar-refractivity contribution in [3.8, 4) is 0 Å². The standard InChI is InChI=1S/C19H19N3OS/c1-13-5-7-17(14(2)10-13)22-18-8-6-15(12-20-18)21-19(23)11-16-4-3-9-24-16/h3-10,12H,11H2,1-2H3,(H,20,22)(H,21,23). The molecular weight excluding hydrogens is 318 g/mol. The number of nitrogens with one attached hydrogen (secondary N) is 2. The summed E-state index contributed by atoms with van der Waals surface area (Å²) in [4.78, 5) is 17.4. The average molecular weight is 337 g/mol. The summed E-state index contributed by atoms with van der Waals surface area (Å²) in [6, 6.07) is 13.9. The minimum atomic E-state index is -0.0330. The van der Waals surface area contributed by atoms with Crippen molar-refractivity contribution in [2.24, 2.45) is 0 Å². The third-order valence-corrected chi connectivity index (χ3v) is 4.48. The quantitative estimate of drug-likeness (QED) is 0.710. The molecule has 2 heterocycles. The Kier molecular flexibility index (Phi) is 4.91. The van der Waals surface area contributed by atoms with E-state index in [4.69, 9.17) is 0 Å². The number of anilines is 3. The molecule has 3 rings (SSSR count). The number of hydrogen-bond acceptors (Lipinski definition) is 4. The van der Waals surface area contributed by atoms with E-state index in [0.29, 0.717) is 12.1 Å². The first-order valence-corrected chi connectivity index (χ1v) is 8.61. The van der Waals surface area contributed by atoms with Gasteiger partial charge in [-0.15, -0.1) is 11.3 Å². The number of pyridine rings is 1. The number of nitrogens with zero attached hydrogens (tertiary/aromatic N) is 1. The van der Waals surface area contributed by atoms with Crippen LogP contribution in [0.25, 0.3) is 0 Å². The fraction of sp³-hybridized carbons (Fsp3) is 0.158. The largest absolute Gasteiger partial charge is 0.340 e. The van der Waals surface area contributed by atoms with Crippen molar-refractivity contribution >= 4 is 34.4 Å². The van der Waals surface area contributed by atoms with Crippen LogP contribution in [0, 0.1) is 13.8 Å². The maximum absolute atomic E-state index is 12.0. The summed E-state index contributed by atoms with van der Waals surface area (Å²) in [5.74, 6) is 0.715. The van der Waals surface area contributed by atoms with Crippen LogP contribution in [-0.4, -0.2) is 10.9 Å². The van der Waals surface area contributed by atoms with Gasteiger partial charge in [-0.2, -0.15) is 0 Å². The third-order valence-electron chi connectivity index (χ3n) is 3.61. The van der Waals surface area contributed by atoms with Gasteiger partial charge in [-0.05, 0) is 49.1 Å². The molecule has 0 atom stereocenters. The van der Waals surface area contributed by atoms with E-state index >= 15 is 0 Å². The maximum Gasteiger partial charge on any atom is 0.229 e. The number of carbonyl (C=O) groups excluding carboxylic acids is 1. The number of hydrogen-bond donors (Lipinski definition) is 2. The molecule has 2 N–H and O–H groups in total. The fourth-order valence-electron chi connectivity index (χ4n) is 2.41. The van der Waals surface area contributed by atoms with Gasteiger partial charge in [0.2, 0.25) is 5.91 Å². The highest BCUT2D eigenvalue weighted by molar-refractivity contribution is 7.10. The maximum atomic E-state index is 12.0. The van der Waals surface area contributed by atoms with Crippen molar-refractivity contribution in [2.45, 2.75) is 20.3 Å². The predicted molar refractivity (Wildman–Crippen MR) is 100 cm³/mol. The molecule has 0 saturated carbocycles. The second kappa shape index (κ2) is 7.27. The number of aromatic nitrogens is 1. The highest BCUT2D eigenvalue weighted by atomic mass is 32.1. The first kappa shape index (κ1) is 16.2. The topological polar surface area (TPSA) is 54.0 Å². The smallest absolute Gasteiger partial charge is 0.229 e. The van der Waals surface area contributed by atoms with Gasteiger partial charge >= 0.3 is 0 Å². The number of rotatable bonds is 5. The number of thiophene rings is 1. The van der Waals surface area contributed by atoms with Crippen LogP contribution in [-0.2, 0) is 11.2 Å². The first-order chi connectivity index (χ1) is 11.6. The summed E-state index contributed by atoms with van der Waals surface area (Å²) < 4.78 is 0. The van der Waals surface area contributed by atoms with Gasteiger partial charge in [-0.25, -0.2) is 4.98 Å². The minimum absolute atomic E-state index is 0.0330. The van der Waals surface area contributed by atoms with Crippen molar-refractivity contribution in [3.63, 3.8) is 0 Å². The van der Waals surface area contributed by atoms with Gasteiger partial charge < -0.3 is 10.6 Å². The van der Waals surface area contributed by atoms with Crippen LogP contribution in [0.4, 0.5) is 17.2 Å². The van der Waals surface area contributed by atoms with E-state index in [-0.39, 0.29) is 5.91 Å². The monoisotopic (exact) mass is 337 g/mol. The lowest BCUT2D eigenvalue weighted by atomic mass is 10.1. The molecule has 0 spiro atoms. The zero-order valence-corrected chi connectivity index (χ0v) is 14.5. The van der Waals surface area contributed by atoms with Crippen LogP contribution in [0.3, 0.4) is 0 Å². The molecule has 2 aromatic heterocycles. The summed E-state index contributed by atoms with van der Waals surface area (Å²) in [6.07, 6.45) is 2.05. The van der Waals surface area contributed by atoms with Gasteiger partial charge in [0.1, 0.15) is 5.82 Å². The normalized spacial score (nSPS) is 10.4. The van der Waals surface area contributed by atoms with Crippen molar-refractivity contribution in [2.75, 3.05) is 10.6 Å². The summed E-state index contributed by atoms with van der Waals surface area (Å²) in [5.41, 5.74) is 4.13. The van der Waals surface area contributed by atoms with Crippen LogP contribution in [0.1, 0.15) is 16.0 Å². The molecule has 0 fully saturated rings. The molecule has 24 heavy (non-hydrogen) atoms. The lowest BCUT2D eigenvalue weighted by Gasteiger charge is -2.10. The number of carbonyl (C=O) groups is 1. The van der Waals surface area contributed by atoms with Crippen LogP contribution < -0.4 is 10.6 Å². The Balaban J connectivity index is 1.61. The highest BCUT2D eigenvalue weighted by Gasteiger charge is 2.06. The third kappa shape index (κ3) is 4.20. The van der Waals surface area contributed by atoms with E-state index in [1.165, 1.54) is 11.1 Å². The molecule has 1 aromatic carbocycles. The first-order valence-electron chi connectivity index (χ1n) is 7.73.